The van der Waals surface area contributed by atoms with Crippen molar-refractivity contribution in [1.82, 2.24) is 9.62 Å². The van der Waals surface area contributed by atoms with Crippen LogP contribution in [0.15, 0.2) is 65.6 Å². The van der Waals surface area contributed by atoms with Crippen LogP contribution in [0.5, 0.6) is 0 Å². The van der Waals surface area contributed by atoms with E-state index in [-0.39, 0.29) is 16.5 Å². The molecule has 8 nitrogen and oxygen atoms in total. The van der Waals surface area contributed by atoms with Crippen molar-refractivity contribution in [3.05, 3.63) is 72.0 Å². The molecule has 0 aliphatic carbocycles. The van der Waals surface area contributed by atoms with Gasteiger partial charge in [-0.3, -0.25) is 4.79 Å². The fourth-order valence-corrected chi connectivity index (χ4v) is 5.76. The van der Waals surface area contributed by atoms with E-state index < -0.39 is 33.4 Å². The second-order valence-electron chi connectivity index (χ2n) is 9.95. The van der Waals surface area contributed by atoms with Crippen LogP contribution in [-0.4, -0.2) is 50.1 Å². The van der Waals surface area contributed by atoms with Gasteiger partial charge in [-0.1, -0.05) is 36.4 Å². The van der Waals surface area contributed by atoms with Crippen LogP contribution in [0.2, 0.25) is 0 Å². The largest absolute Gasteiger partial charge is 0.444 e. The van der Waals surface area contributed by atoms with Crippen LogP contribution >= 0.6 is 0 Å². The summed E-state index contributed by atoms with van der Waals surface area (Å²) in [5.41, 5.74) is -0.339. The van der Waals surface area contributed by atoms with Gasteiger partial charge in [0.1, 0.15) is 11.4 Å². The molecule has 196 valence electrons. The SMILES string of the molecule is CC(C)(C)OC(=O)N1CCC(NS(=O)(=O)c2ccc(NC(=O)c3ccccc3F)c3ccccc23)CC1. The van der Waals surface area contributed by atoms with Gasteiger partial charge < -0.3 is 15.0 Å². The first kappa shape index (κ1) is 26.6. The average molecular weight is 528 g/mol. The smallest absolute Gasteiger partial charge is 0.410 e. The highest BCUT2D eigenvalue weighted by Crippen LogP contribution is 2.30. The Labute approximate surface area is 215 Å². The number of sulfonamides is 1. The number of likely N-dealkylation sites (tertiary alicyclic amines) is 1. The Morgan fingerprint density at radius 2 is 1.57 bits per heavy atom. The van der Waals surface area contributed by atoms with Crippen molar-refractivity contribution in [2.75, 3.05) is 18.4 Å². The fourth-order valence-electron chi connectivity index (χ4n) is 4.24. The highest BCUT2D eigenvalue weighted by atomic mass is 32.2. The normalized spacial score (nSPS) is 15.0. The highest BCUT2D eigenvalue weighted by Gasteiger charge is 2.30. The van der Waals surface area contributed by atoms with Crippen LogP contribution in [-0.2, 0) is 14.8 Å². The predicted octanol–water partition coefficient (Wildman–Crippen LogP) is 4.91. The molecule has 0 unspecified atom stereocenters. The summed E-state index contributed by atoms with van der Waals surface area (Å²) in [5, 5.41) is 3.62. The van der Waals surface area contributed by atoms with E-state index in [0.29, 0.717) is 42.4 Å². The molecular weight excluding hydrogens is 497 g/mol. The lowest BCUT2D eigenvalue weighted by molar-refractivity contribution is 0.0203. The lowest BCUT2D eigenvalue weighted by Gasteiger charge is -2.33. The molecule has 10 heteroatoms. The van der Waals surface area contributed by atoms with Crippen molar-refractivity contribution in [1.29, 1.82) is 0 Å². The van der Waals surface area contributed by atoms with E-state index in [9.17, 15) is 22.4 Å². The minimum absolute atomic E-state index is 0.0709. The molecule has 3 aromatic rings. The summed E-state index contributed by atoms with van der Waals surface area (Å²) in [7, 11) is -3.91. The number of anilines is 1. The van der Waals surface area contributed by atoms with Gasteiger partial charge in [-0.15, -0.1) is 0 Å². The van der Waals surface area contributed by atoms with Crippen molar-refractivity contribution in [2.24, 2.45) is 0 Å². The van der Waals surface area contributed by atoms with E-state index in [1.807, 2.05) is 0 Å². The molecule has 2 N–H and O–H groups in total. The maximum atomic E-state index is 14.1. The molecule has 0 radical (unpaired) electrons. The first-order valence-electron chi connectivity index (χ1n) is 12.0. The number of ether oxygens (including phenoxy) is 1. The number of rotatable bonds is 5. The van der Waals surface area contributed by atoms with E-state index in [4.69, 9.17) is 4.74 Å². The predicted molar refractivity (Wildman–Crippen MR) is 139 cm³/mol. The highest BCUT2D eigenvalue weighted by molar-refractivity contribution is 7.89. The number of benzene rings is 3. The number of amides is 2. The minimum atomic E-state index is -3.91. The lowest BCUT2D eigenvalue weighted by atomic mass is 10.1. The molecule has 37 heavy (non-hydrogen) atoms. The van der Waals surface area contributed by atoms with E-state index in [1.54, 1.807) is 56.0 Å². The Kier molecular flexibility index (Phi) is 7.52. The Morgan fingerprint density at radius 3 is 2.22 bits per heavy atom. The first-order chi connectivity index (χ1) is 17.4. The zero-order valence-corrected chi connectivity index (χ0v) is 21.8. The summed E-state index contributed by atoms with van der Waals surface area (Å²) in [6.07, 6.45) is 0.494. The first-order valence-corrected chi connectivity index (χ1v) is 13.5. The molecule has 0 aromatic heterocycles. The molecule has 1 fully saturated rings. The summed E-state index contributed by atoms with van der Waals surface area (Å²) in [4.78, 5) is 26.6. The number of hydrogen-bond acceptors (Lipinski definition) is 5. The Hall–Kier alpha value is -3.50. The van der Waals surface area contributed by atoms with Crippen LogP contribution in [0.4, 0.5) is 14.9 Å². The van der Waals surface area contributed by atoms with Gasteiger partial charge in [-0.25, -0.2) is 22.3 Å². The number of fused-ring (bicyclic) bond motifs is 1. The zero-order chi connectivity index (χ0) is 26.8. The summed E-state index contributed by atoms with van der Waals surface area (Å²) in [6, 6.07) is 15.0. The van der Waals surface area contributed by atoms with E-state index in [2.05, 4.69) is 10.0 Å². The van der Waals surface area contributed by atoms with Crippen molar-refractivity contribution < 1.29 is 27.1 Å². The van der Waals surface area contributed by atoms with Gasteiger partial charge >= 0.3 is 6.09 Å². The Balaban J connectivity index is 1.51. The van der Waals surface area contributed by atoms with Gasteiger partial charge in [-0.2, -0.15) is 0 Å². The van der Waals surface area contributed by atoms with E-state index >= 15 is 0 Å². The van der Waals surface area contributed by atoms with E-state index in [1.165, 1.54) is 30.3 Å². The number of halogens is 1. The third kappa shape index (κ3) is 6.26. The van der Waals surface area contributed by atoms with Crippen LogP contribution in [0.25, 0.3) is 10.8 Å². The second kappa shape index (κ2) is 10.5. The molecule has 1 aliphatic rings. The summed E-state index contributed by atoms with van der Waals surface area (Å²) in [6.45, 7) is 6.15. The van der Waals surface area contributed by atoms with Crippen LogP contribution in [0.3, 0.4) is 0 Å². The monoisotopic (exact) mass is 527 g/mol. The standard InChI is InChI=1S/C27H30FN3O5S/c1-27(2,3)36-26(33)31-16-14-18(15-17-31)30-37(34,35)24-13-12-23(19-8-4-5-9-20(19)24)29-25(32)21-10-6-7-11-22(21)28/h4-13,18,30H,14-17H2,1-3H3,(H,29,32). The minimum Gasteiger partial charge on any atom is -0.444 e. The van der Waals surface area contributed by atoms with Gasteiger partial charge in [0, 0.05) is 35.6 Å². The third-order valence-electron chi connectivity index (χ3n) is 6.01. The molecule has 3 aromatic carbocycles. The third-order valence-corrected chi connectivity index (χ3v) is 7.59. The number of nitrogens with zero attached hydrogens (tertiary/aromatic N) is 1. The second-order valence-corrected chi connectivity index (χ2v) is 11.6. The molecular formula is C27H30FN3O5S. The van der Waals surface area contributed by atoms with Gasteiger partial charge in [0.2, 0.25) is 10.0 Å². The maximum absolute atomic E-state index is 14.1. The quantitative estimate of drug-likeness (QED) is 0.491. The van der Waals surface area contributed by atoms with Crippen molar-refractivity contribution >= 4 is 38.5 Å². The summed E-state index contributed by atoms with van der Waals surface area (Å²) < 4.78 is 49.0. The summed E-state index contributed by atoms with van der Waals surface area (Å²) in [5.74, 6) is -1.28. The molecule has 4 rings (SSSR count). The van der Waals surface area contributed by atoms with E-state index in [0.717, 1.165) is 0 Å². The molecule has 0 atom stereocenters. The molecule has 2 amide bonds. The van der Waals surface area contributed by atoms with Crippen LogP contribution < -0.4 is 10.0 Å². The summed E-state index contributed by atoms with van der Waals surface area (Å²) >= 11 is 0. The van der Waals surface area contributed by atoms with Crippen molar-refractivity contribution in [2.45, 2.75) is 50.2 Å². The van der Waals surface area contributed by atoms with Crippen molar-refractivity contribution in [3.63, 3.8) is 0 Å². The van der Waals surface area contributed by atoms with Gasteiger partial charge in [-0.05, 0) is 57.9 Å². The number of carbonyl (C=O) groups is 2. The topological polar surface area (TPSA) is 105 Å². The molecule has 0 saturated carbocycles. The molecule has 1 aliphatic heterocycles. The van der Waals surface area contributed by atoms with Crippen LogP contribution in [0.1, 0.15) is 44.0 Å². The Bertz CT molecular complexity index is 1430. The maximum Gasteiger partial charge on any atom is 0.410 e. The van der Waals surface area contributed by atoms with Crippen LogP contribution in [0, 0.1) is 5.82 Å². The molecule has 0 bridgehead atoms. The average Bonchev–Trinajstić information content (AvgIpc) is 2.83. The number of hydrogen-bond donors (Lipinski definition) is 2. The lowest BCUT2D eigenvalue weighted by Crippen LogP contribution is -2.47. The van der Waals surface area contributed by atoms with Gasteiger partial charge in [0.05, 0.1) is 10.5 Å². The van der Waals surface area contributed by atoms with Gasteiger partial charge in [0.15, 0.2) is 0 Å². The van der Waals surface area contributed by atoms with Crippen molar-refractivity contribution in [3.8, 4) is 0 Å². The number of piperidine rings is 1. The zero-order valence-electron chi connectivity index (χ0n) is 21.0. The Morgan fingerprint density at radius 1 is 0.946 bits per heavy atom. The van der Waals surface area contributed by atoms with Gasteiger partial charge in [0.25, 0.3) is 5.91 Å². The molecule has 0 spiro atoms. The molecule has 1 heterocycles. The number of nitrogens with one attached hydrogen (secondary N) is 2. The number of carbonyl (C=O) groups excluding carboxylic acids is 2. The molecule has 1 saturated heterocycles. The fraction of sp³-hybridized carbons (Fsp3) is 0.333.